The van der Waals surface area contributed by atoms with Crippen LogP contribution in [0.4, 0.5) is 17.5 Å². The molecular weight excluding hydrogens is 522 g/mol. The molecule has 1 saturated carbocycles. The number of piperazine rings is 1. The number of imidazole rings is 1. The lowest BCUT2D eigenvalue weighted by atomic mass is 9.89. The van der Waals surface area contributed by atoms with Gasteiger partial charge in [-0.1, -0.05) is 18.2 Å². The summed E-state index contributed by atoms with van der Waals surface area (Å²) in [6.07, 6.45) is 8.63. The van der Waals surface area contributed by atoms with Gasteiger partial charge < -0.3 is 25.1 Å². The highest BCUT2D eigenvalue weighted by atomic mass is 15.3. The second-order valence-corrected chi connectivity index (χ2v) is 12.4. The number of aromatic nitrogens is 5. The Labute approximate surface area is 247 Å². The molecule has 42 heavy (non-hydrogen) atoms. The van der Waals surface area contributed by atoms with Crippen LogP contribution >= 0.6 is 0 Å². The number of nitrogen functional groups attached to an aromatic ring is 1. The molecule has 4 heterocycles. The van der Waals surface area contributed by atoms with Gasteiger partial charge in [-0.3, -0.25) is 4.90 Å². The van der Waals surface area contributed by atoms with Crippen LogP contribution in [-0.4, -0.2) is 73.2 Å². The number of hydrogen-bond acceptors (Lipinski definition) is 7. The predicted octanol–water partition coefficient (Wildman–Crippen LogP) is 5.66. The minimum absolute atomic E-state index is 0.421. The molecule has 2 aromatic carbocycles. The van der Waals surface area contributed by atoms with Crippen LogP contribution in [0.2, 0.25) is 0 Å². The Morgan fingerprint density at radius 2 is 1.60 bits per heavy atom. The smallest absolute Gasteiger partial charge is 0.208 e. The summed E-state index contributed by atoms with van der Waals surface area (Å²) in [6, 6.07) is 14.0. The highest BCUT2D eigenvalue weighted by molar-refractivity contribution is 6.00. The fourth-order valence-corrected chi connectivity index (χ4v) is 7.10. The Bertz CT molecular complexity index is 1730. The number of nitrogens with zero attached hydrogens (tertiary/aromatic N) is 7. The van der Waals surface area contributed by atoms with Crippen LogP contribution in [0.3, 0.4) is 0 Å². The van der Waals surface area contributed by atoms with Crippen molar-refractivity contribution in [3.05, 3.63) is 60.0 Å². The normalized spacial score (nSPS) is 20.5. The average molecular weight is 564 g/mol. The van der Waals surface area contributed by atoms with Crippen LogP contribution in [-0.2, 0) is 7.05 Å². The van der Waals surface area contributed by atoms with E-state index >= 15 is 0 Å². The lowest BCUT2D eigenvalue weighted by molar-refractivity contribution is 0.0828. The molecule has 0 atom stereocenters. The molecule has 9 nitrogen and oxygen atoms in total. The van der Waals surface area contributed by atoms with E-state index in [0.29, 0.717) is 17.9 Å². The van der Waals surface area contributed by atoms with Crippen LogP contribution in [0.25, 0.3) is 33.2 Å². The van der Waals surface area contributed by atoms with Gasteiger partial charge in [-0.25, -0.2) is 15.0 Å². The van der Waals surface area contributed by atoms with E-state index in [1.807, 2.05) is 0 Å². The maximum absolute atomic E-state index is 6.48. The number of rotatable bonds is 5. The topological polar surface area (TPSA) is 93.1 Å². The summed E-state index contributed by atoms with van der Waals surface area (Å²) >= 11 is 0. The Hall–Kier alpha value is -3.95. The number of nitrogens with one attached hydrogen (secondary N) is 1. The minimum atomic E-state index is 0.421. The van der Waals surface area contributed by atoms with Crippen molar-refractivity contribution in [3.63, 3.8) is 0 Å². The third kappa shape index (κ3) is 4.80. The van der Waals surface area contributed by atoms with E-state index in [4.69, 9.17) is 15.7 Å². The fraction of sp³-hybridized carbons (Fsp3) is 0.424. The van der Waals surface area contributed by atoms with E-state index in [2.05, 4.69) is 99.8 Å². The number of fused-ring (bicyclic) bond motifs is 2. The number of benzene rings is 2. The summed E-state index contributed by atoms with van der Waals surface area (Å²) in [7, 11) is 4.28. The lowest BCUT2D eigenvalue weighted by Gasteiger charge is -2.41. The van der Waals surface area contributed by atoms with Gasteiger partial charge in [-0.2, -0.15) is 0 Å². The number of nitrogens with two attached hydrogens (primary N) is 1. The summed E-state index contributed by atoms with van der Waals surface area (Å²) in [5, 5.41) is 4.46. The van der Waals surface area contributed by atoms with E-state index in [1.54, 1.807) is 6.33 Å². The van der Waals surface area contributed by atoms with Gasteiger partial charge in [0.25, 0.3) is 0 Å². The first-order valence-electron chi connectivity index (χ1n) is 15.2. The molecule has 3 aromatic heterocycles. The highest BCUT2D eigenvalue weighted by Crippen LogP contribution is 2.39. The molecular formula is C33H41N9. The number of hydrogen-bond donors (Lipinski definition) is 2. The Kier molecular flexibility index (Phi) is 6.86. The molecule has 0 radical (unpaired) electrons. The van der Waals surface area contributed by atoms with E-state index in [-0.39, 0.29) is 0 Å². The van der Waals surface area contributed by atoms with Gasteiger partial charge >= 0.3 is 0 Å². The SMILES string of the molecule is Cc1cc(C)c2nc(Nc3ccc(-c4cn(C5CCC(N6CCN(C)CC6)CC5)c5ncnc(N)c45)cc3)n(C)c2c1. The zero-order valence-electron chi connectivity index (χ0n) is 25.1. The van der Waals surface area contributed by atoms with Gasteiger partial charge in [0.15, 0.2) is 0 Å². The summed E-state index contributed by atoms with van der Waals surface area (Å²) in [6.45, 7) is 8.97. The molecule has 0 bridgehead atoms. The monoisotopic (exact) mass is 563 g/mol. The number of anilines is 3. The number of likely N-dealkylation sites (N-methyl/N-ethyl adjacent to an activating group) is 1. The molecule has 7 rings (SSSR count). The average Bonchev–Trinajstić information content (AvgIpc) is 3.53. The standard InChI is InChI=1S/C33H41N9/c1-21-17-22(2)30-28(18-21)40(4)33(38-30)37-24-7-5-23(6-8-24)27-19-42(32-29(27)31(34)35-20-36-32)26-11-9-25(10-12-26)41-15-13-39(3)14-16-41/h5-8,17-20,25-26H,9-16H2,1-4H3,(H,37,38)(H2,34,35,36). The Morgan fingerprint density at radius 3 is 2.33 bits per heavy atom. The number of aryl methyl sites for hydroxylation is 3. The van der Waals surface area contributed by atoms with Gasteiger partial charge in [-0.15, -0.1) is 0 Å². The second-order valence-electron chi connectivity index (χ2n) is 12.4. The molecule has 1 aliphatic carbocycles. The minimum Gasteiger partial charge on any atom is -0.383 e. The highest BCUT2D eigenvalue weighted by Gasteiger charge is 2.30. The van der Waals surface area contributed by atoms with Crippen LogP contribution in [0.15, 0.2) is 48.9 Å². The predicted molar refractivity (Wildman–Crippen MR) is 171 cm³/mol. The zero-order chi connectivity index (χ0) is 29.0. The molecule has 1 saturated heterocycles. The maximum atomic E-state index is 6.48. The summed E-state index contributed by atoms with van der Waals surface area (Å²) in [5.74, 6) is 1.36. The van der Waals surface area contributed by atoms with Crippen LogP contribution < -0.4 is 11.1 Å². The molecule has 2 aliphatic rings. The van der Waals surface area contributed by atoms with Crippen LogP contribution in [0.5, 0.6) is 0 Å². The third-order valence-electron chi connectivity index (χ3n) is 9.53. The molecule has 0 spiro atoms. The summed E-state index contributed by atoms with van der Waals surface area (Å²) in [5.41, 5.74) is 15.2. The lowest BCUT2D eigenvalue weighted by Crippen LogP contribution is -2.49. The zero-order valence-corrected chi connectivity index (χ0v) is 25.1. The summed E-state index contributed by atoms with van der Waals surface area (Å²) < 4.78 is 4.49. The molecule has 9 heteroatoms. The van der Waals surface area contributed by atoms with Crippen molar-refractivity contribution in [1.82, 2.24) is 33.9 Å². The fourth-order valence-electron chi connectivity index (χ4n) is 7.10. The second kappa shape index (κ2) is 10.7. The first kappa shape index (κ1) is 26.9. The Balaban J connectivity index is 1.13. The third-order valence-corrected chi connectivity index (χ3v) is 9.53. The van der Waals surface area contributed by atoms with Crippen LogP contribution in [0, 0.1) is 13.8 Å². The van der Waals surface area contributed by atoms with E-state index in [9.17, 15) is 0 Å². The molecule has 1 aliphatic heterocycles. The van der Waals surface area contributed by atoms with Gasteiger partial charge in [0.1, 0.15) is 17.8 Å². The van der Waals surface area contributed by atoms with Crippen molar-refractivity contribution in [2.45, 2.75) is 51.6 Å². The molecule has 218 valence electrons. The van der Waals surface area contributed by atoms with Crippen molar-refractivity contribution >= 4 is 39.5 Å². The van der Waals surface area contributed by atoms with Crippen molar-refractivity contribution in [1.29, 1.82) is 0 Å². The van der Waals surface area contributed by atoms with Crippen molar-refractivity contribution in [2.75, 3.05) is 44.3 Å². The molecule has 3 N–H and O–H groups in total. The molecule has 5 aromatic rings. The largest absolute Gasteiger partial charge is 0.383 e. The van der Waals surface area contributed by atoms with E-state index in [0.717, 1.165) is 57.7 Å². The Morgan fingerprint density at radius 1 is 0.881 bits per heavy atom. The quantitative estimate of drug-likeness (QED) is 0.285. The first-order valence-corrected chi connectivity index (χ1v) is 15.2. The molecule has 2 fully saturated rings. The van der Waals surface area contributed by atoms with Gasteiger partial charge in [0, 0.05) is 62.8 Å². The van der Waals surface area contributed by atoms with Crippen LogP contribution in [0.1, 0.15) is 42.9 Å². The van der Waals surface area contributed by atoms with Crippen molar-refractivity contribution < 1.29 is 0 Å². The molecule has 0 amide bonds. The van der Waals surface area contributed by atoms with Gasteiger partial charge in [-0.05, 0) is 81.5 Å². The van der Waals surface area contributed by atoms with E-state index in [1.165, 1.54) is 50.1 Å². The van der Waals surface area contributed by atoms with Gasteiger partial charge in [0.2, 0.25) is 5.95 Å². The van der Waals surface area contributed by atoms with Crippen molar-refractivity contribution in [2.24, 2.45) is 7.05 Å². The summed E-state index contributed by atoms with van der Waals surface area (Å²) in [4.78, 5) is 19.1. The van der Waals surface area contributed by atoms with Crippen molar-refractivity contribution in [3.8, 4) is 11.1 Å². The first-order chi connectivity index (χ1) is 20.4. The molecule has 0 unspecified atom stereocenters. The van der Waals surface area contributed by atoms with E-state index < -0.39 is 0 Å². The van der Waals surface area contributed by atoms with Gasteiger partial charge in [0.05, 0.1) is 16.4 Å². The maximum Gasteiger partial charge on any atom is 0.208 e.